The molecule has 6 heteroatoms. The standard InChI is InChI=1S/C33H52O4Si2/c1-8-12-25-33(26-19-24-31(34)36-33)30(37-38(9-2,10-3)11-4)27-35-39(32(5,6)7,28-20-15-13-16-21-28)29-22-17-14-18-23-29/h13-18,20-23,30H,8-12,19,24-27H2,1-7H3/t30-,33+/m0/s1. The fraction of sp³-hybridized carbons (Fsp3) is 0.606. The third-order valence-corrected chi connectivity index (χ3v) is 18.7. The third-order valence-electron chi connectivity index (χ3n) is 9.03. The third kappa shape index (κ3) is 6.95. The molecule has 1 saturated heterocycles. The van der Waals surface area contributed by atoms with Crippen molar-refractivity contribution in [2.24, 2.45) is 0 Å². The molecular formula is C33H52O4Si2. The van der Waals surface area contributed by atoms with E-state index in [1.165, 1.54) is 10.4 Å². The summed E-state index contributed by atoms with van der Waals surface area (Å²) in [7, 11) is -4.80. The minimum absolute atomic E-state index is 0.0897. The molecule has 0 bridgehead atoms. The van der Waals surface area contributed by atoms with E-state index in [0.717, 1.165) is 50.2 Å². The van der Waals surface area contributed by atoms with E-state index in [9.17, 15) is 4.79 Å². The van der Waals surface area contributed by atoms with Crippen LogP contribution >= 0.6 is 0 Å². The topological polar surface area (TPSA) is 44.8 Å². The first-order chi connectivity index (χ1) is 18.6. The van der Waals surface area contributed by atoms with E-state index in [1.807, 2.05) is 0 Å². The Balaban J connectivity index is 2.15. The van der Waals surface area contributed by atoms with Gasteiger partial charge in [0.25, 0.3) is 8.32 Å². The molecule has 2 atom stereocenters. The summed E-state index contributed by atoms with van der Waals surface area (Å²) in [6, 6.07) is 24.7. The number of hydrogen-bond donors (Lipinski definition) is 0. The summed E-state index contributed by atoms with van der Waals surface area (Å²) in [6.07, 6.45) is 4.79. The van der Waals surface area contributed by atoms with Crippen LogP contribution in [0, 0.1) is 0 Å². The highest BCUT2D eigenvalue weighted by Crippen LogP contribution is 2.41. The van der Waals surface area contributed by atoms with Gasteiger partial charge in [-0.15, -0.1) is 0 Å². The van der Waals surface area contributed by atoms with Crippen LogP contribution in [0.15, 0.2) is 60.7 Å². The highest BCUT2D eigenvalue weighted by molar-refractivity contribution is 6.99. The van der Waals surface area contributed by atoms with Crippen LogP contribution in [-0.4, -0.2) is 40.9 Å². The molecule has 39 heavy (non-hydrogen) atoms. The highest BCUT2D eigenvalue weighted by atomic mass is 28.4. The van der Waals surface area contributed by atoms with Gasteiger partial charge in [-0.05, 0) is 59.2 Å². The van der Waals surface area contributed by atoms with E-state index >= 15 is 0 Å². The van der Waals surface area contributed by atoms with Crippen molar-refractivity contribution >= 4 is 33.0 Å². The molecule has 1 fully saturated rings. The predicted octanol–water partition coefficient (Wildman–Crippen LogP) is 7.61. The Morgan fingerprint density at radius 3 is 1.87 bits per heavy atom. The molecule has 0 N–H and O–H groups in total. The van der Waals surface area contributed by atoms with Gasteiger partial charge in [0.1, 0.15) is 11.7 Å². The van der Waals surface area contributed by atoms with E-state index in [1.54, 1.807) is 0 Å². The van der Waals surface area contributed by atoms with Crippen LogP contribution in [0.3, 0.4) is 0 Å². The summed E-state index contributed by atoms with van der Waals surface area (Å²) in [6.45, 7) is 16.4. The minimum atomic E-state index is -2.77. The number of hydrogen-bond acceptors (Lipinski definition) is 4. The average Bonchev–Trinajstić information content (AvgIpc) is 2.94. The number of unbranched alkanes of at least 4 members (excludes halogenated alkanes) is 1. The predicted molar refractivity (Wildman–Crippen MR) is 168 cm³/mol. The first kappa shape index (κ1) is 31.8. The highest BCUT2D eigenvalue weighted by Gasteiger charge is 2.53. The molecule has 1 heterocycles. The second-order valence-electron chi connectivity index (χ2n) is 12.3. The Hall–Kier alpha value is -1.74. The number of carbonyl (C=O) groups excluding carboxylic acids is 1. The van der Waals surface area contributed by atoms with Gasteiger partial charge in [0, 0.05) is 6.42 Å². The van der Waals surface area contributed by atoms with Crippen molar-refractivity contribution < 1.29 is 18.4 Å². The summed E-state index contributed by atoms with van der Waals surface area (Å²) in [5.74, 6) is -0.0897. The first-order valence-corrected chi connectivity index (χ1v) is 19.7. The summed E-state index contributed by atoms with van der Waals surface area (Å²) in [5.41, 5.74) is -0.630. The van der Waals surface area contributed by atoms with Crippen LogP contribution in [0.25, 0.3) is 0 Å². The lowest BCUT2D eigenvalue weighted by atomic mass is 9.84. The number of ether oxygens (including phenoxy) is 1. The van der Waals surface area contributed by atoms with Gasteiger partial charge in [0.15, 0.2) is 8.32 Å². The van der Waals surface area contributed by atoms with E-state index in [4.69, 9.17) is 13.6 Å². The molecule has 4 nitrogen and oxygen atoms in total. The van der Waals surface area contributed by atoms with Gasteiger partial charge < -0.3 is 13.6 Å². The quantitative estimate of drug-likeness (QED) is 0.174. The summed E-state index contributed by atoms with van der Waals surface area (Å²) in [4.78, 5) is 12.8. The van der Waals surface area contributed by atoms with E-state index in [-0.39, 0.29) is 17.1 Å². The summed E-state index contributed by atoms with van der Waals surface area (Å²) < 4.78 is 21.1. The lowest BCUT2D eigenvalue weighted by molar-refractivity contribution is -0.186. The number of esters is 1. The van der Waals surface area contributed by atoms with Gasteiger partial charge >= 0.3 is 5.97 Å². The first-order valence-electron chi connectivity index (χ1n) is 15.3. The largest absolute Gasteiger partial charge is 0.456 e. The van der Waals surface area contributed by atoms with Crippen molar-refractivity contribution in [1.82, 2.24) is 0 Å². The SMILES string of the molecule is CCCC[C@]1([C@H](CO[Si](c2ccccc2)(c2ccccc2)C(C)(C)C)O[Si](CC)(CC)CC)CCCC(=O)O1. The molecule has 216 valence electrons. The van der Waals surface area contributed by atoms with Crippen molar-refractivity contribution in [3.8, 4) is 0 Å². The Morgan fingerprint density at radius 2 is 1.44 bits per heavy atom. The molecule has 2 aromatic rings. The molecule has 0 unspecified atom stereocenters. The maximum Gasteiger partial charge on any atom is 0.306 e. The smallest absolute Gasteiger partial charge is 0.306 e. The van der Waals surface area contributed by atoms with Gasteiger partial charge in [-0.3, -0.25) is 4.79 Å². The van der Waals surface area contributed by atoms with Gasteiger partial charge in [-0.1, -0.05) is 116 Å². The summed E-state index contributed by atoms with van der Waals surface area (Å²) >= 11 is 0. The lowest BCUT2D eigenvalue weighted by Crippen LogP contribution is -2.68. The normalized spacial score (nSPS) is 19.5. The van der Waals surface area contributed by atoms with Crippen LogP contribution in [0.5, 0.6) is 0 Å². The van der Waals surface area contributed by atoms with Crippen molar-refractivity contribution in [1.29, 1.82) is 0 Å². The second-order valence-corrected chi connectivity index (χ2v) is 21.3. The van der Waals surface area contributed by atoms with Gasteiger partial charge in [0.2, 0.25) is 0 Å². The molecule has 1 aliphatic heterocycles. The molecule has 0 radical (unpaired) electrons. The van der Waals surface area contributed by atoms with Crippen molar-refractivity contribution in [3.63, 3.8) is 0 Å². The molecule has 0 amide bonds. The van der Waals surface area contributed by atoms with Crippen molar-refractivity contribution in [2.75, 3.05) is 6.61 Å². The molecule has 2 aromatic carbocycles. The fourth-order valence-corrected chi connectivity index (χ4v) is 13.9. The Kier molecular flexibility index (Phi) is 11.2. The van der Waals surface area contributed by atoms with Crippen LogP contribution in [0.2, 0.25) is 23.2 Å². The molecule has 0 spiro atoms. The van der Waals surface area contributed by atoms with Crippen molar-refractivity contribution in [3.05, 3.63) is 60.7 Å². The number of benzene rings is 2. The molecule has 0 saturated carbocycles. The number of cyclic esters (lactones) is 1. The summed E-state index contributed by atoms with van der Waals surface area (Å²) in [5, 5.41) is 2.39. The van der Waals surface area contributed by atoms with Gasteiger partial charge in [-0.2, -0.15) is 0 Å². The minimum Gasteiger partial charge on any atom is -0.456 e. The monoisotopic (exact) mass is 568 g/mol. The van der Waals surface area contributed by atoms with Crippen LogP contribution < -0.4 is 10.4 Å². The molecular weight excluding hydrogens is 517 g/mol. The zero-order valence-corrected chi connectivity index (χ0v) is 27.6. The van der Waals surface area contributed by atoms with E-state index in [2.05, 4.69) is 109 Å². The van der Waals surface area contributed by atoms with Crippen LogP contribution in [-0.2, 0) is 18.4 Å². The average molecular weight is 569 g/mol. The second kappa shape index (κ2) is 13.8. The Morgan fingerprint density at radius 1 is 0.897 bits per heavy atom. The van der Waals surface area contributed by atoms with Crippen LogP contribution in [0.4, 0.5) is 0 Å². The number of rotatable bonds is 14. The molecule has 3 rings (SSSR count). The van der Waals surface area contributed by atoms with E-state index in [0.29, 0.717) is 13.0 Å². The number of carbonyl (C=O) groups is 1. The van der Waals surface area contributed by atoms with Crippen LogP contribution in [0.1, 0.15) is 87.0 Å². The molecule has 0 aromatic heterocycles. The Bertz CT molecular complexity index is 969. The maximum absolute atomic E-state index is 12.8. The zero-order valence-electron chi connectivity index (χ0n) is 25.6. The van der Waals surface area contributed by atoms with Gasteiger partial charge in [-0.25, -0.2) is 0 Å². The maximum atomic E-state index is 12.8. The van der Waals surface area contributed by atoms with E-state index < -0.39 is 22.2 Å². The molecule has 1 aliphatic rings. The zero-order chi connectivity index (χ0) is 28.6. The Labute approximate surface area is 240 Å². The lowest BCUT2D eigenvalue weighted by Gasteiger charge is -2.49. The fourth-order valence-electron chi connectivity index (χ4n) is 6.46. The molecule has 0 aliphatic carbocycles. The van der Waals surface area contributed by atoms with Gasteiger partial charge in [0.05, 0.1) is 6.61 Å². The van der Waals surface area contributed by atoms with Crippen molar-refractivity contribution in [2.45, 2.75) is 122 Å².